The average molecular weight is 258 g/mol. The van der Waals surface area contributed by atoms with Gasteiger partial charge in [-0.1, -0.05) is 0 Å². The molecule has 0 amide bonds. The van der Waals surface area contributed by atoms with E-state index in [1.54, 1.807) is 19.4 Å². The van der Waals surface area contributed by atoms with Crippen molar-refractivity contribution in [2.24, 2.45) is 0 Å². The molecule has 0 spiro atoms. The summed E-state index contributed by atoms with van der Waals surface area (Å²) in [5, 5.41) is 5.86. The van der Waals surface area contributed by atoms with Crippen LogP contribution >= 0.6 is 11.3 Å². The zero-order valence-corrected chi connectivity index (χ0v) is 11.0. The van der Waals surface area contributed by atoms with Gasteiger partial charge in [-0.3, -0.25) is 0 Å². The lowest BCUT2D eigenvalue weighted by molar-refractivity contribution is 0.0520. The minimum Gasteiger partial charge on any atom is -0.461 e. The Kier molecular flexibility index (Phi) is 6.76. The maximum absolute atomic E-state index is 11.4. The Morgan fingerprint density at radius 2 is 2.41 bits per heavy atom. The van der Waals surface area contributed by atoms with Crippen molar-refractivity contribution in [2.45, 2.75) is 19.9 Å². The Hall–Kier alpha value is -0.980. The molecule has 1 heterocycles. The molecule has 1 aromatic heterocycles. The molecule has 0 aromatic carbocycles. The molecule has 0 aliphatic carbocycles. The summed E-state index contributed by atoms with van der Waals surface area (Å²) >= 11 is 1.46. The summed E-state index contributed by atoms with van der Waals surface area (Å²) in [5.41, 5.74) is 0.394. The van der Waals surface area contributed by atoms with Crippen LogP contribution in [-0.4, -0.2) is 37.8 Å². The van der Waals surface area contributed by atoms with Gasteiger partial charge in [0.2, 0.25) is 0 Å². The highest BCUT2D eigenvalue weighted by molar-refractivity contribution is 7.09. The van der Waals surface area contributed by atoms with E-state index in [1.165, 1.54) is 11.3 Å². The van der Waals surface area contributed by atoms with Gasteiger partial charge < -0.3 is 14.8 Å². The van der Waals surface area contributed by atoms with Crippen LogP contribution in [0.3, 0.4) is 0 Å². The number of esters is 1. The van der Waals surface area contributed by atoms with E-state index < -0.39 is 0 Å². The molecule has 96 valence electrons. The zero-order chi connectivity index (χ0) is 12.5. The van der Waals surface area contributed by atoms with Crippen molar-refractivity contribution in [1.82, 2.24) is 10.3 Å². The molecule has 6 heteroatoms. The van der Waals surface area contributed by atoms with Crippen LogP contribution in [0.25, 0.3) is 0 Å². The molecule has 1 rings (SSSR count). The van der Waals surface area contributed by atoms with E-state index in [2.05, 4.69) is 10.3 Å². The second kappa shape index (κ2) is 8.16. The molecular formula is C11H18N2O3S. The van der Waals surface area contributed by atoms with Crippen LogP contribution < -0.4 is 5.32 Å². The first-order valence-corrected chi connectivity index (χ1v) is 6.47. The molecule has 0 saturated heterocycles. The summed E-state index contributed by atoms with van der Waals surface area (Å²) in [4.78, 5) is 15.6. The van der Waals surface area contributed by atoms with Gasteiger partial charge in [-0.2, -0.15) is 0 Å². The number of rotatable bonds is 8. The van der Waals surface area contributed by atoms with Gasteiger partial charge in [0, 0.05) is 25.6 Å². The summed E-state index contributed by atoms with van der Waals surface area (Å²) in [6, 6.07) is 0. The number of carbonyl (C=O) groups excluding carboxylic acids is 1. The lowest BCUT2D eigenvalue weighted by Gasteiger charge is -2.01. The normalized spacial score (nSPS) is 10.5. The zero-order valence-electron chi connectivity index (χ0n) is 10.2. The molecule has 0 aliphatic heterocycles. The monoisotopic (exact) mass is 258 g/mol. The van der Waals surface area contributed by atoms with Crippen molar-refractivity contribution >= 4 is 17.3 Å². The topological polar surface area (TPSA) is 60.5 Å². The summed E-state index contributed by atoms with van der Waals surface area (Å²) in [6.45, 7) is 4.46. The molecule has 0 atom stereocenters. The van der Waals surface area contributed by atoms with Gasteiger partial charge in [-0.25, -0.2) is 9.78 Å². The summed E-state index contributed by atoms with van der Waals surface area (Å²) in [7, 11) is 1.69. The number of hydrogen-bond donors (Lipinski definition) is 1. The van der Waals surface area contributed by atoms with Crippen LogP contribution in [0.15, 0.2) is 5.38 Å². The van der Waals surface area contributed by atoms with Crippen molar-refractivity contribution in [3.63, 3.8) is 0 Å². The lowest BCUT2D eigenvalue weighted by atomic mass is 10.4. The Bertz CT molecular complexity index is 341. The van der Waals surface area contributed by atoms with Crippen LogP contribution in [0.5, 0.6) is 0 Å². The van der Waals surface area contributed by atoms with Crippen LogP contribution in [0.4, 0.5) is 0 Å². The van der Waals surface area contributed by atoms with E-state index in [1.807, 2.05) is 0 Å². The Morgan fingerprint density at radius 1 is 1.59 bits per heavy atom. The largest absolute Gasteiger partial charge is 0.461 e. The number of nitrogens with one attached hydrogen (secondary N) is 1. The van der Waals surface area contributed by atoms with Crippen LogP contribution in [0.1, 0.15) is 28.8 Å². The number of aromatic nitrogens is 1. The predicted octanol–water partition coefficient (Wildman–Crippen LogP) is 1.45. The number of carbonyl (C=O) groups is 1. The lowest BCUT2D eigenvalue weighted by Crippen LogP contribution is -2.16. The van der Waals surface area contributed by atoms with Gasteiger partial charge in [0.05, 0.1) is 6.61 Å². The minimum absolute atomic E-state index is 0.352. The van der Waals surface area contributed by atoms with Crippen LogP contribution in [0, 0.1) is 0 Å². The molecule has 0 radical (unpaired) electrons. The van der Waals surface area contributed by atoms with E-state index in [0.717, 1.165) is 24.6 Å². The summed E-state index contributed by atoms with van der Waals surface area (Å²) in [6.07, 6.45) is 0.965. The number of nitrogens with zero attached hydrogens (tertiary/aromatic N) is 1. The number of methoxy groups -OCH3 is 1. The summed E-state index contributed by atoms with van der Waals surface area (Å²) in [5.74, 6) is -0.352. The molecular weight excluding hydrogens is 240 g/mol. The van der Waals surface area contributed by atoms with Gasteiger partial charge in [-0.05, 0) is 19.9 Å². The predicted molar refractivity (Wildman–Crippen MR) is 66.3 cm³/mol. The second-order valence-electron chi connectivity index (χ2n) is 3.37. The Balaban J connectivity index is 2.28. The number of thiazole rings is 1. The van der Waals surface area contributed by atoms with Gasteiger partial charge in [-0.15, -0.1) is 11.3 Å². The Morgan fingerprint density at radius 3 is 3.12 bits per heavy atom. The maximum Gasteiger partial charge on any atom is 0.357 e. The van der Waals surface area contributed by atoms with Gasteiger partial charge in [0.25, 0.3) is 0 Å². The van der Waals surface area contributed by atoms with Crippen LogP contribution in [0.2, 0.25) is 0 Å². The molecule has 0 unspecified atom stereocenters. The molecule has 0 aliphatic rings. The van der Waals surface area contributed by atoms with Crippen molar-refractivity contribution in [3.8, 4) is 0 Å². The SMILES string of the molecule is CCOC(=O)c1csc(CNCCCOC)n1. The second-order valence-corrected chi connectivity index (χ2v) is 4.31. The van der Waals surface area contributed by atoms with Gasteiger partial charge in [0.1, 0.15) is 5.01 Å². The van der Waals surface area contributed by atoms with E-state index >= 15 is 0 Å². The number of ether oxygens (including phenoxy) is 2. The van der Waals surface area contributed by atoms with E-state index in [0.29, 0.717) is 18.8 Å². The highest BCUT2D eigenvalue weighted by Crippen LogP contribution is 2.10. The van der Waals surface area contributed by atoms with E-state index in [4.69, 9.17) is 9.47 Å². The van der Waals surface area contributed by atoms with Crippen molar-refractivity contribution in [1.29, 1.82) is 0 Å². The summed E-state index contributed by atoms with van der Waals surface area (Å²) < 4.78 is 9.81. The third-order valence-electron chi connectivity index (χ3n) is 2.01. The molecule has 1 aromatic rings. The molecule has 17 heavy (non-hydrogen) atoms. The van der Waals surface area contributed by atoms with Crippen LogP contribution in [-0.2, 0) is 16.0 Å². The highest BCUT2D eigenvalue weighted by atomic mass is 32.1. The molecule has 5 nitrogen and oxygen atoms in total. The van der Waals surface area contributed by atoms with Crippen molar-refractivity contribution < 1.29 is 14.3 Å². The quantitative estimate of drug-likeness (QED) is 0.565. The Labute approximate surface area is 105 Å². The first-order valence-electron chi connectivity index (χ1n) is 5.59. The third-order valence-corrected chi connectivity index (χ3v) is 2.86. The molecule has 0 saturated carbocycles. The molecule has 1 N–H and O–H groups in total. The first-order chi connectivity index (χ1) is 8.27. The van der Waals surface area contributed by atoms with E-state index in [-0.39, 0.29) is 5.97 Å². The van der Waals surface area contributed by atoms with E-state index in [9.17, 15) is 4.79 Å². The van der Waals surface area contributed by atoms with Gasteiger partial charge >= 0.3 is 5.97 Å². The van der Waals surface area contributed by atoms with Crippen molar-refractivity contribution in [3.05, 3.63) is 16.1 Å². The smallest absolute Gasteiger partial charge is 0.357 e. The molecule has 0 bridgehead atoms. The number of hydrogen-bond acceptors (Lipinski definition) is 6. The first kappa shape index (κ1) is 14.1. The van der Waals surface area contributed by atoms with Crippen molar-refractivity contribution in [2.75, 3.05) is 26.9 Å². The highest BCUT2D eigenvalue weighted by Gasteiger charge is 2.10. The van der Waals surface area contributed by atoms with Gasteiger partial charge in [0.15, 0.2) is 5.69 Å². The third kappa shape index (κ3) is 5.25. The fourth-order valence-electron chi connectivity index (χ4n) is 1.23. The fraction of sp³-hybridized carbons (Fsp3) is 0.636. The molecule has 0 fully saturated rings. The maximum atomic E-state index is 11.4. The fourth-order valence-corrected chi connectivity index (χ4v) is 1.96. The standard InChI is InChI=1S/C11H18N2O3S/c1-3-16-11(14)9-8-17-10(13-9)7-12-5-4-6-15-2/h8,12H,3-7H2,1-2H3. The average Bonchev–Trinajstić information content (AvgIpc) is 2.78. The minimum atomic E-state index is -0.352.